The lowest BCUT2D eigenvalue weighted by Gasteiger charge is -2.15. The number of methoxy groups -OCH3 is 3. The number of ether oxygens (including phenoxy) is 3. The van der Waals surface area contributed by atoms with E-state index in [1.165, 1.54) is 0 Å². The van der Waals surface area contributed by atoms with E-state index in [9.17, 15) is 0 Å². The first-order chi connectivity index (χ1) is 12.2. The van der Waals surface area contributed by atoms with Gasteiger partial charge in [0.25, 0.3) is 0 Å². The van der Waals surface area contributed by atoms with Crippen LogP contribution in [0.4, 0.5) is 0 Å². The van der Waals surface area contributed by atoms with Gasteiger partial charge in [0, 0.05) is 11.1 Å². The van der Waals surface area contributed by atoms with E-state index in [2.05, 4.69) is 23.3 Å². The molecule has 0 spiro atoms. The second-order valence-corrected chi connectivity index (χ2v) is 5.45. The summed E-state index contributed by atoms with van der Waals surface area (Å²) in [6.07, 6.45) is 0. The number of rotatable bonds is 5. The molecule has 0 aliphatic rings. The Morgan fingerprint density at radius 1 is 0.760 bits per heavy atom. The molecular formula is C20H20N2O3. The fourth-order valence-corrected chi connectivity index (χ4v) is 2.87. The first-order valence-corrected chi connectivity index (χ1v) is 7.79. The molecule has 2 N–H and O–H groups in total. The Bertz CT molecular complexity index is 910. The number of hydrogen-bond acceptors (Lipinski definition) is 5. The van der Waals surface area contributed by atoms with E-state index in [0.29, 0.717) is 23.0 Å². The highest BCUT2D eigenvalue weighted by molar-refractivity contribution is 6.14. The van der Waals surface area contributed by atoms with Crippen LogP contribution in [0.2, 0.25) is 0 Å². The van der Waals surface area contributed by atoms with E-state index < -0.39 is 0 Å². The summed E-state index contributed by atoms with van der Waals surface area (Å²) < 4.78 is 16.2. The molecule has 0 radical (unpaired) electrons. The maximum atomic E-state index is 5.71. The average Bonchev–Trinajstić information content (AvgIpc) is 2.67. The second kappa shape index (κ2) is 7.13. The van der Waals surface area contributed by atoms with Gasteiger partial charge in [-0.05, 0) is 29.0 Å². The molecule has 0 aliphatic heterocycles. The quantitative estimate of drug-likeness (QED) is 0.439. The number of fused-ring (bicyclic) bond motifs is 1. The van der Waals surface area contributed by atoms with E-state index in [-0.39, 0.29) is 0 Å². The molecule has 5 heteroatoms. The van der Waals surface area contributed by atoms with Gasteiger partial charge in [-0.2, -0.15) is 5.10 Å². The van der Waals surface area contributed by atoms with E-state index in [0.717, 1.165) is 21.9 Å². The molecule has 0 atom stereocenters. The van der Waals surface area contributed by atoms with E-state index in [1.807, 2.05) is 36.4 Å². The van der Waals surface area contributed by atoms with Crippen LogP contribution in [-0.2, 0) is 0 Å². The average molecular weight is 336 g/mol. The highest BCUT2D eigenvalue weighted by Crippen LogP contribution is 2.38. The topological polar surface area (TPSA) is 66.1 Å². The smallest absolute Gasteiger partial charge is 0.203 e. The van der Waals surface area contributed by atoms with Gasteiger partial charge in [-0.3, -0.25) is 0 Å². The maximum absolute atomic E-state index is 5.71. The molecule has 0 fully saturated rings. The highest BCUT2D eigenvalue weighted by atomic mass is 16.5. The van der Waals surface area contributed by atoms with Gasteiger partial charge in [0.05, 0.1) is 27.0 Å². The van der Waals surface area contributed by atoms with Gasteiger partial charge in [0.1, 0.15) is 0 Å². The normalized spacial score (nSPS) is 11.4. The van der Waals surface area contributed by atoms with Crippen molar-refractivity contribution in [3.63, 3.8) is 0 Å². The molecule has 0 heterocycles. The molecule has 0 bridgehead atoms. The van der Waals surface area contributed by atoms with Crippen molar-refractivity contribution in [2.24, 2.45) is 10.9 Å². The van der Waals surface area contributed by atoms with Gasteiger partial charge in [0.2, 0.25) is 5.75 Å². The van der Waals surface area contributed by atoms with Crippen LogP contribution in [0.15, 0.2) is 59.7 Å². The molecule has 128 valence electrons. The SMILES string of the molecule is COc1cc(/C(=N/N)c2ccc3ccccc3c2)cc(OC)c1OC. The zero-order valence-electron chi connectivity index (χ0n) is 14.4. The van der Waals surface area contributed by atoms with Crippen molar-refractivity contribution >= 4 is 16.5 Å². The minimum Gasteiger partial charge on any atom is -0.493 e. The fourth-order valence-electron chi connectivity index (χ4n) is 2.87. The maximum Gasteiger partial charge on any atom is 0.203 e. The van der Waals surface area contributed by atoms with Gasteiger partial charge in [-0.25, -0.2) is 0 Å². The summed E-state index contributed by atoms with van der Waals surface area (Å²) in [5.41, 5.74) is 2.34. The molecule has 5 nitrogen and oxygen atoms in total. The molecular weight excluding hydrogens is 316 g/mol. The van der Waals surface area contributed by atoms with Crippen LogP contribution < -0.4 is 20.1 Å². The Labute approximate surface area is 146 Å². The molecule has 0 saturated heterocycles. The predicted octanol–water partition coefficient (Wildman–Crippen LogP) is 3.58. The standard InChI is InChI=1S/C20H20N2O3/c1-23-17-11-16(12-18(24-2)20(17)25-3)19(22-21)15-9-8-13-6-4-5-7-14(13)10-15/h4-12H,21H2,1-3H3/b22-19+. The summed E-state index contributed by atoms with van der Waals surface area (Å²) in [7, 11) is 4.73. The summed E-state index contributed by atoms with van der Waals surface area (Å²) >= 11 is 0. The number of nitrogens with zero attached hydrogens (tertiary/aromatic N) is 1. The second-order valence-electron chi connectivity index (χ2n) is 5.45. The lowest BCUT2D eigenvalue weighted by Crippen LogP contribution is -2.08. The molecule has 3 rings (SSSR count). The van der Waals surface area contributed by atoms with Crippen molar-refractivity contribution in [3.05, 3.63) is 65.7 Å². The highest BCUT2D eigenvalue weighted by Gasteiger charge is 2.17. The first-order valence-electron chi connectivity index (χ1n) is 7.79. The molecule has 0 unspecified atom stereocenters. The number of nitrogens with two attached hydrogens (primary N) is 1. The fraction of sp³-hybridized carbons (Fsp3) is 0.150. The van der Waals surface area contributed by atoms with E-state index >= 15 is 0 Å². The third-order valence-corrected chi connectivity index (χ3v) is 4.09. The molecule has 3 aromatic rings. The number of hydrogen-bond donors (Lipinski definition) is 1. The Hall–Kier alpha value is -3.21. The lowest BCUT2D eigenvalue weighted by molar-refractivity contribution is 0.324. The Balaban J connectivity index is 2.14. The van der Waals surface area contributed by atoms with Crippen LogP contribution in [0, 0.1) is 0 Å². The summed E-state index contributed by atoms with van der Waals surface area (Å²) in [4.78, 5) is 0. The number of benzene rings is 3. The first kappa shape index (κ1) is 16.6. The van der Waals surface area contributed by atoms with Crippen molar-refractivity contribution in [2.75, 3.05) is 21.3 Å². The summed E-state index contributed by atoms with van der Waals surface area (Å²) in [5, 5.41) is 6.29. The van der Waals surface area contributed by atoms with Crippen LogP contribution in [0.3, 0.4) is 0 Å². The van der Waals surface area contributed by atoms with E-state index in [1.54, 1.807) is 21.3 Å². The van der Waals surface area contributed by atoms with Crippen LogP contribution >= 0.6 is 0 Å². The van der Waals surface area contributed by atoms with Gasteiger partial charge in [0.15, 0.2) is 11.5 Å². The minimum atomic E-state index is 0.531. The zero-order chi connectivity index (χ0) is 17.8. The van der Waals surface area contributed by atoms with Crippen LogP contribution in [0.5, 0.6) is 17.2 Å². The Morgan fingerprint density at radius 2 is 1.40 bits per heavy atom. The van der Waals surface area contributed by atoms with Gasteiger partial charge >= 0.3 is 0 Å². The van der Waals surface area contributed by atoms with Crippen molar-refractivity contribution in [3.8, 4) is 17.2 Å². The van der Waals surface area contributed by atoms with Gasteiger partial charge in [-0.15, -0.1) is 0 Å². The van der Waals surface area contributed by atoms with Crippen LogP contribution in [0.25, 0.3) is 10.8 Å². The van der Waals surface area contributed by atoms with Gasteiger partial charge in [-0.1, -0.05) is 36.4 Å². The third-order valence-electron chi connectivity index (χ3n) is 4.09. The van der Waals surface area contributed by atoms with Crippen molar-refractivity contribution in [2.45, 2.75) is 0 Å². The van der Waals surface area contributed by atoms with Gasteiger partial charge < -0.3 is 20.1 Å². The molecule has 0 amide bonds. The molecule has 0 aromatic heterocycles. The molecule has 3 aromatic carbocycles. The zero-order valence-corrected chi connectivity index (χ0v) is 14.4. The molecule has 25 heavy (non-hydrogen) atoms. The largest absolute Gasteiger partial charge is 0.493 e. The minimum absolute atomic E-state index is 0.531. The molecule has 0 saturated carbocycles. The Morgan fingerprint density at radius 3 is 1.96 bits per heavy atom. The van der Waals surface area contributed by atoms with E-state index in [4.69, 9.17) is 20.1 Å². The van der Waals surface area contributed by atoms with Crippen molar-refractivity contribution < 1.29 is 14.2 Å². The molecule has 0 aliphatic carbocycles. The monoisotopic (exact) mass is 336 g/mol. The number of hydrazone groups is 1. The summed E-state index contributed by atoms with van der Waals surface area (Å²) in [6.45, 7) is 0. The van der Waals surface area contributed by atoms with Crippen molar-refractivity contribution in [1.29, 1.82) is 0 Å². The summed E-state index contributed by atoms with van der Waals surface area (Å²) in [6, 6.07) is 17.9. The van der Waals surface area contributed by atoms with Crippen LogP contribution in [-0.4, -0.2) is 27.0 Å². The third kappa shape index (κ3) is 3.08. The van der Waals surface area contributed by atoms with Crippen LogP contribution in [0.1, 0.15) is 11.1 Å². The lowest BCUT2D eigenvalue weighted by atomic mass is 9.98. The van der Waals surface area contributed by atoms with Crippen molar-refractivity contribution in [1.82, 2.24) is 0 Å². The Kier molecular flexibility index (Phi) is 4.75. The summed E-state index contributed by atoms with van der Waals surface area (Å²) in [5.74, 6) is 7.35. The predicted molar refractivity (Wildman–Crippen MR) is 99.9 cm³/mol.